The molecule has 0 unspecified atom stereocenters. The van der Waals surface area contributed by atoms with E-state index in [1.807, 2.05) is 0 Å². The van der Waals surface area contributed by atoms with Gasteiger partial charge in [0.25, 0.3) is 0 Å². The van der Waals surface area contributed by atoms with Gasteiger partial charge in [-0.25, -0.2) is 0 Å². The summed E-state index contributed by atoms with van der Waals surface area (Å²) in [4.78, 5) is 0. The molecule has 0 N–H and O–H groups in total. The van der Waals surface area contributed by atoms with Crippen LogP contribution in [0, 0.1) is 0 Å². The number of allylic oxidation sites excluding steroid dienone is 3. The van der Waals surface area contributed by atoms with E-state index in [1.165, 1.54) is 25.7 Å². The van der Waals surface area contributed by atoms with E-state index in [1.54, 1.807) is 0 Å². The third-order valence-electron chi connectivity index (χ3n) is 1.82. The highest BCUT2D eigenvalue weighted by Crippen LogP contribution is 2.03. The second kappa shape index (κ2) is 7.13. The first-order valence-electron chi connectivity index (χ1n) is 5.40. The van der Waals surface area contributed by atoms with Crippen LogP contribution in [0.25, 0.3) is 0 Å². The lowest BCUT2D eigenvalue weighted by atomic mass is 10.2. The number of unbranched alkanes of at least 4 members (excludes halogenated alkanes) is 3. The van der Waals surface area contributed by atoms with Gasteiger partial charge in [0.15, 0.2) is 0 Å². The summed E-state index contributed by atoms with van der Waals surface area (Å²) in [6.45, 7) is 9.31. The molecule has 0 aromatic heterocycles. The van der Waals surface area contributed by atoms with Crippen LogP contribution in [-0.4, -0.2) is 8.07 Å². The van der Waals surface area contributed by atoms with Gasteiger partial charge in [-0.3, -0.25) is 0 Å². The molecule has 0 radical (unpaired) electrons. The van der Waals surface area contributed by atoms with Crippen LogP contribution < -0.4 is 0 Å². The van der Waals surface area contributed by atoms with Crippen molar-refractivity contribution in [3.63, 3.8) is 0 Å². The summed E-state index contributed by atoms with van der Waals surface area (Å²) in [7, 11) is -0.964. The van der Waals surface area contributed by atoms with Gasteiger partial charge in [0.1, 0.15) is 0 Å². The van der Waals surface area contributed by atoms with Crippen molar-refractivity contribution in [3.8, 4) is 0 Å². The number of hydrogen-bond acceptors (Lipinski definition) is 0. The van der Waals surface area contributed by atoms with E-state index in [2.05, 4.69) is 50.5 Å². The Kier molecular flexibility index (Phi) is 6.97. The largest absolute Gasteiger partial charge is 0.0950 e. The SMILES string of the molecule is CCCCC/C=C/C=C/[Si](C)(C)C. The van der Waals surface area contributed by atoms with Crippen molar-refractivity contribution in [2.24, 2.45) is 0 Å². The maximum absolute atomic E-state index is 2.38. The van der Waals surface area contributed by atoms with Crippen LogP contribution in [0.15, 0.2) is 23.9 Å². The Morgan fingerprint density at radius 2 is 1.69 bits per heavy atom. The molecule has 0 heterocycles. The minimum absolute atomic E-state index is 0.964. The van der Waals surface area contributed by atoms with Gasteiger partial charge in [-0.2, -0.15) is 0 Å². The molecule has 0 saturated carbocycles. The Labute approximate surface area is 84.8 Å². The molecule has 0 bridgehead atoms. The van der Waals surface area contributed by atoms with E-state index >= 15 is 0 Å². The molecule has 0 aliphatic carbocycles. The molecular formula is C12H24Si. The smallest absolute Gasteiger partial charge is 0.0686 e. The molecule has 0 nitrogen and oxygen atoms in total. The van der Waals surface area contributed by atoms with Crippen molar-refractivity contribution in [1.82, 2.24) is 0 Å². The molecule has 0 aliphatic rings. The maximum atomic E-state index is 2.38. The summed E-state index contributed by atoms with van der Waals surface area (Å²) in [6, 6.07) is 0. The minimum Gasteiger partial charge on any atom is -0.0950 e. The lowest BCUT2D eigenvalue weighted by molar-refractivity contribution is 0.729. The molecular weight excluding hydrogens is 172 g/mol. The maximum Gasteiger partial charge on any atom is 0.0686 e. The monoisotopic (exact) mass is 196 g/mol. The van der Waals surface area contributed by atoms with Crippen LogP contribution in [0.4, 0.5) is 0 Å². The topological polar surface area (TPSA) is 0 Å². The Morgan fingerprint density at radius 1 is 1.00 bits per heavy atom. The average molecular weight is 196 g/mol. The van der Waals surface area contributed by atoms with Crippen LogP contribution in [0.5, 0.6) is 0 Å². The third kappa shape index (κ3) is 11.7. The summed E-state index contributed by atoms with van der Waals surface area (Å²) in [5, 5.41) is 0. The van der Waals surface area contributed by atoms with Crippen molar-refractivity contribution in [2.75, 3.05) is 0 Å². The highest BCUT2D eigenvalue weighted by atomic mass is 28.3. The van der Waals surface area contributed by atoms with E-state index in [-0.39, 0.29) is 0 Å². The fourth-order valence-electron chi connectivity index (χ4n) is 1.03. The van der Waals surface area contributed by atoms with E-state index in [0.717, 1.165) is 0 Å². The van der Waals surface area contributed by atoms with Crippen LogP contribution in [-0.2, 0) is 0 Å². The van der Waals surface area contributed by atoms with Gasteiger partial charge in [0, 0.05) is 0 Å². The second-order valence-electron chi connectivity index (χ2n) is 4.65. The van der Waals surface area contributed by atoms with E-state index in [4.69, 9.17) is 0 Å². The van der Waals surface area contributed by atoms with Gasteiger partial charge in [0.05, 0.1) is 8.07 Å². The standard InChI is InChI=1S/C12H24Si/c1-5-6-7-8-9-10-11-12-13(2,3)4/h9-12H,5-8H2,1-4H3/b10-9+,12-11+. The van der Waals surface area contributed by atoms with E-state index < -0.39 is 8.07 Å². The first-order chi connectivity index (χ1) is 6.06. The zero-order chi connectivity index (χ0) is 10.2. The van der Waals surface area contributed by atoms with Crippen molar-refractivity contribution < 1.29 is 0 Å². The van der Waals surface area contributed by atoms with Crippen molar-refractivity contribution in [2.45, 2.75) is 52.2 Å². The normalized spacial score (nSPS) is 13.2. The Hall–Kier alpha value is -0.303. The summed E-state index contributed by atoms with van der Waals surface area (Å²) in [6.07, 6.45) is 12.0. The average Bonchev–Trinajstić information content (AvgIpc) is 2.01. The number of hydrogen-bond donors (Lipinski definition) is 0. The van der Waals surface area contributed by atoms with E-state index in [0.29, 0.717) is 0 Å². The first kappa shape index (κ1) is 12.7. The zero-order valence-electron chi connectivity index (χ0n) is 9.64. The van der Waals surface area contributed by atoms with Gasteiger partial charge >= 0.3 is 0 Å². The van der Waals surface area contributed by atoms with Crippen LogP contribution in [0.1, 0.15) is 32.6 Å². The summed E-state index contributed by atoms with van der Waals surface area (Å²) in [5.74, 6) is 0. The fourth-order valence-corrected chi connectivity index (χ4v) is 1.72. The molecule has 0 rings (SSSR count). The lowest BCUT2D eigenvalue weighted by Gasteiger charge is -2.06. The molecule has 13 heavy (non-hydrogen) atoms. The molecule has 1 heteroatoms. The predicted molar refractivity (Wildman–Crippen MR) is 65.8 cm³/mol. The molecule has 0 spiro atoms. The molecule has 0 aromatic carbocycles. The summed E-state index contributed by atoms with van der Waals surface area (Å²) in [5.41, 5.74) is 2.38. The van der Waals surface area contributed by atoms with Crippen LogP contribution >= 0.6 is 0 Å². The van der Waals surface area contributed by atoms with Crippen LogP contribution in [0.3, 0.4) is 0 Å². The lowest BCUT2D eigenvalue weighted by Crippen LogP contribution is -2.14. The minimum atomic E-state index is -0.964. The third-order valence-corrected chi connectivity index (χ3v) is 3.01. The summed E-state index contributed by atoms with van der Waals surface area (Å²) < 4.78 is 0. The quantitative estimate of drug-likeness (QED) is 0.332. The van der Waals surface area contributed by atoms with Gasteiger partial charge in [-0.1, -0.05) is 63.3 Å². The Bertz CT molecular complexity index is 160. The highest BCUT2D eigenvalue weighted by molar-refractivity contribution is 6.80. The van der Waals surface area contributed by atoms with Crippen molar-refractivity contribution in [3.05, 3.63) is 23.9 Å². The number of rotatable bonds is 6. The zero-order valence-corrected chi connectivity index (χ0v) is 10.6. The molecule has 0 amide bonds. The molecule has 0 aliphatic heterocycles. The molecule has 76 valence electrons. The summed E-state index contributed by atoms with van der Waals surface area (Å²) >= 11 is 0. The van der Waals surface area contributed by atoms with Gasteiger partial charge in [-0.15, -0.1) is 0 Å². The van der Waals surface area contributed by atoms with Gasteiger partial charge < -0.3 is 0 Å². The predicted octanol–water partition coefficient (Wildman–Crippen LogP) is 4.56. The molecule has 0 fully saturated rings. The molecule has 0 aromatic rings. The van der Waals surface area contributed by atoms with Crippen LogP contribution in [0.2, 0.25) is 19.6 Å². The highest BCUT2D eigenvalue weighted by Gasteiger charge is 2.05. The Balaban J connectivity index is 3.46. The molecule has 0 atom stereocenters. The first-order valence-corrected chi connectivity index (χ1v) is 8.98. The van der Waals surface area contributed by atoms with Crippen molar-refractivity contribution >= 4 is 8.07 Å². The van der Waals surface area contributed by atoms with Gasteiger partial charge in [-0.05, 0) is 12.8 Å². The molecule has 0 saturated heterocycles. The Morgan fingerprint density at radius 3 is 2.23 bits per heavy atom. The van der Waals surface area contributed by atoms with Gasteiger partial charge in [0.2, 0.25) is 0 Å². The van der Waals surface area contributed by atoms with Crippen molar-refractivity contribution in [1.29, 1.82) is 0 Å². The second-order valence-corrected chi connectivity index (χ2v) is 9.71. The fraction of sp³-hybridized carbons (Fsp3) is 0.667. The van der Waals surface area contributed by atoms with E-state index in [9.17, 15) is 0 Å².